The normalized spacial score (nSPS) is 12.3. The van der Waals surface area contributed by atoms with Gasteiger partial charge in [0.25, 0.3) is 5.91 Å². The van der Waals surface area contributed by atoms with E-state index in [1.807, 2.05) is 18.2 Å². The number of para-hydroxylation sites is 1. The van der Waals surface area contributed by atoms with Gasteiger partial charge in [0.1, 0.15) is 10.6 Å². The largest absolute Gasteiger partial charge is 0.496 e. The van der Waals surface area contributed by atoms with E-state index in [0.29, 0.717) is 5.75 Å². The number of ether oxygens (including phenoxy) is 2. The van der Waals surface area contributed by atoms with Gasteiger partial charge in [-0.25, -0.2) is 13.2 Å². The lowest BCUT2D eigenvalue weighted by molar-refractivity contribution is -0.124. The van der Waals surface area contributed by atoms with E-state index in [9.17, 15) is 18.0 Å². The second-order valence-corrected chi connectivity index (χ2v) is 9.16. The molecule has 0 radical (unpaired) electrons. The van der Waals surface area contributed by atoms with E-state index in [2.05, 4.69) is 5.32 Å². The zero-order valence-electron chi connectivity index (χ0n) is 18.4. The van der Waals surface area contributed by atoms with Crippen molar-refractivity contribution >= 4 is 33.5 Å². The predicted molar refractivity (Wildman–Crippen MR) is 121 cm³/mol. The second kappa shape index (κ2) is 11.3. The van der Waals surface area contributed by atoms with Crippen LogP contribution in [0, 0.1) is 0 Å². The number of carbonyl (C=O) groups is 2. The lowest BCUT2D eigenvalue weighted by Crippen LogP contribution is -2.32. The first-order valence-electron chi connectivity index (χ1n) is 10.0. The average Bonchev–Trinajstić information content (AvgIpc) is 2.78. The van der Waals surface area contributed by atoms with E-state index in [4.69, 9.17) is 21.1 Å². The molecule has 0 aliphatic rings. The maximum absolute atomic E-state index is 12.8. The number of methoxy groups -OCH3 is 1. The Labute approximate surface area is 193 Å². The Hall–Kier alpha value is -2.62. The number of halogens is 1. The highest BCUT2D eigenvalue weighted by Gasteiger charge is 2.26. The third kappa shape index (κ3) is 5.99. The fourth-order valence-corrected chi connectivity index (χ4v) is 5.09. The average molecular weight is 483 g/mol. The fraction of sp³-hybridized carbons (Fsp3) is 0.364. The van der Waals surface area contributed by atoms with Crippen LogP contribution in [0.25, 0.3) is 0 Å². The standard InChI is InChI=1S/C22H27ClN2O6S/c1-5-25(6-2)32(28,29)20-13-16(11-12-18(20)23)22(27)31-14-21(26)24-15(3)17-9-7-8-10-19(17)30-4/h7-13,15H,5-6,14H2,1-4H3,(H,24,26). The smallest absolute Gasteiger partial charge is 0.338 e. The molecule has 0 aromatic heterocycles. The highest BCUT2D eigenvalue weighted by Crippen LogP contribution is 2.26. The summed E-state index contributed by atoms with van der Waals surface area (Å²) in [7, 11) is -2.33. The number of esters is 1. The number of carbonyl (C=O) groups excluding carboxylic acids is 2. The van der Waals surface area contributed by atoms with Gasteiger partial charge in [-0.05, 0) is 31.2 Å². The number of hydrogen-bond acceptors (Lipinski definition) is 6. The summed E-state index contributed by atoms with van der Waals surface area (Å²) < 4.78 is 37.1. The summed E-state index contributed by atoms with van der Waals surface area (Å²) >= 11 is 6.08. The van der Waals surface area contributed by atoms with Gasteiger partial charge in [0, 0.05) is 18.7 Å². The number of rotatable bonds is 10. The lowest BCUT2D eigenvalue weighted by Gasteiger charge is -2.19. The molecule has 0 heterocycles. The zero-order chi connectivity index (χ0) is 23.9. The Bertz CT molecular complexity index is 1070. The molecule has 0 saturated heterocycles. The molecule has 2 rings (SSSR count). The molecule has 0 spiro atoms. The van der Waals surface area contributed by atoms with Crippen molar-refractivity contribution in [3.8, 4) is 5.75 Å². The molecule has 0 aliphatic heterocycles. The fourth-order valence-electron chi connectivity index (χ4n) is 3.13. The Balaban J connectivity index is 2.08. The Morgan fingerprint density at radius 3 is 2.41 bits per heavy atom. The number of nitrogens with one attached hydrogen (secondary N) is 1. The van der Waals surface area contributed by atoms with Crippen molar-refractivity contribution in [2.24, 2.45) is 0 Å². The second-order valence-electron chi connectivity index (χ2n) is 6.84. The van der Waals surface area contributed by atoms with Gasteiger partial charge < -0.3 is 14.8 Å². The third-order valence-corrected chi connectivity index (χ3v) is 7.34. The molecule has 2 aromatic rings. The Morgan fingerprint density at radius 1 is 1.12 bits per heavy atom. The van der Waals surface area contributed by atoms with Crippen LogP contribution in [0.2, 0.25) is 5.02 Å². The maximum atomic E-state index is 12.8. The van der Waals surface area contributed by atoms with Crippen LogP contribution >= 0.6 is 11.6 Å². The molecule has 0 bridgehead atoms. The molecular formula is C22H27ClN2O6S. The van der Waals surface area contributed by atoms with Crippen LogP contribution in [0.15, 0.2) is 47.4 Å². The van der Waals surface area contributed by atoms with Crippen molar-refractivity contribution in [2.45, 2.75) is 31.7 Å². The van der Waals surface area contributed by atoms with Crippen molar-refractivity contribution < 1.29 is 27.5 Å². The van der Waals surface area contributed by atoms with E-state index < -0.39 is 28.5 Å². The summed E-state index contributed by atoms with van der Waals surface area (Å²) in [4.78, 5) is 24.5. The summed E-state index contributed by atoms with van der Waals surface area (Å²) in [5.74, 6) is -0.722. The van der Waals surface area contributed by atoms with Crippen LogP contribution in [-0.4, -0.2) is 51.4 Å². The molecule has 1 amide bonds. The summed E-state index contributed by atoms with van der Waals surface area (Å²) in [5, 5.41) is 2.73. The third-order valence-electron chi connectivity index (χ3n) is 4.81. The van der Waals surface area contributed by atoms with Crippen molar-refractivity contribution in [1.82, 2.24) is 9.62 Å². The highest BCUT2D eigenvalue weighted by atomic mass is 35.5. The minimum atomic E-state index is -3.87. The van der Waals surface area contributed by atoms with E-state index in [-0.39, 0.29) is 34.6 Å². The number of hydrogen-bond donors (Lipinski definition) is 1. The first-order chi connectivity index (χ1) is 15.1. The predicted octanol–water partition coefficient (Wildman–Crippen LogP) is 3.41. The van der Waals surface area contributed by atoms with Crippen molar-refractivity contribution in [3.63, 3.8) is 0 Å². The highest BCUT2D eigenvalue weighted by molar-refractivity contribution is 7.89. The summed E-state index contributed by atoms with van der Waals surface area (Å²) in [6, 6.07) is 10.7. The first-order valence-corrected chi connectivity index (χ1v) is 11.9. The van der Waals surface area contributed by atoms with Crippen molar-refractivity contribution in [1.29, 1.82) is 0 Å². The van der Waals surface area contributed by atoms with Crippen LogP contribution in [0.5, 0.6) is 5.75 Å². The summed E-state index contributed by atoms with van der Waals surface area (Å²) in [6.45, 7) is 5.18. The summed E-state index contributed by atoms with van der Waals surface area (Å²) in [6.07, 6.45) is 0. The molecule has 0 saturated carbocycles. The topological polar surface area (TPSA) is 102 Å². The molecular weight excluding hydrogens is 456 g/mol. The van der Waals surface area contributed by atoms with Gasteiger partial charge in [-0.15, -0.1) is 0 Å². The molecule has 174 valence electrons. The monoisotopic (exact) mass is 482 g/mol. The Kier molecular flexibility index (Phi) is 9.06. The lowest BCUT2D eigenvalue weighted by atomic mass is 10.1. The number of amides is 1. The Morgan fingerprint density at radius 2 is 1.78 bits per heavy atom. The SMILES string of the molecule is CCN(CC)S(=O)(=O)c1cc(C(=O)OCC(=O)NC(C)c2ccccc2OC)ccc1Cl. The zero-order valence-corrected chi connectivity index (χ0v) is 20.0. The van der Waals surface area contributed by atoms with E-state index in [1.165, 1.54) is 23.5 Å². The van der Waals surface area contributed by atoms with Crippen molar-refractivity contribution in [3.05, 3.63) is 58.6 Å². The van der Waals surface area contributed by atoms with E-state index in [0.717, 1.165) is 11.6 Å². The molecule has 10 heteroatoms. The molecule has 0 aliphatic carbocycles. The minimum absolute atomic E-state index is 0.00294. The number of benzene rings is 2. The molecule has 1 unspecified atom stereocenters. The van der Waals surface area contributed by atoms with Gasteiger partial charge in [0.05, 0.1) is 23.7 Å². The van der Waals surface area contributed by atoms with Gasteiger partial charge in [-0.1, -0.05) is 43.6 Å². The van der Waals surface area contributed by atoms with E-state index >= 15 is 0 Å². The molecule has 1 atom stereocenters. The maximum Gasteiger partial charge on any atom is 0.338 e. The minimum Gasteiger partial charge on any atom is -0.496 e. The van der Waals surface area contributed by atoms with Crippen LogP contribution in [0.3, 0.4) is 0 Å². The van der Waals surface area contributed by atoms with Crippen LogP contribution in [-0.2, 0) is 19.6 Å². The van der Waals surface area contributed by atoms with Gasteiger partial charge in [0.15, 0.2) is 6.61 Å². The van der Waals surface area contributed by atoms with Crippen LogP contribution in [0.4, 0.5) is 0 Å². The van der Waals surface area contributed by atoms with Crippen molar-refractivity contribution in [2.75, 3.05) is 26.8 Å². The van der Waals surface area contributed by atoms with E-state index in [1.54, 1.807) is 26.8 Å². The molecule has 0 fully saturated rings. The molecule has 2 aromatic carbocycles. The van der Waals surface area contributed by atoms with Gasteiger partial charge in [0.2, 0.25) is 10.0 Å². The van der Waals surface area contributed by atoms with Gasteiger partial charge >= 0.3 is 5.97 Å². The molecule has 8 nitrogen and oxygen atoms in total. The number of sulfonamides is 1. The van der Waals surface area contributed by atoms with Gasteiger partial charge in [-0.2, -0.15) is 4.31 Å². The molecule has 32 heavy (non-hydrogen) atoms. The number of nitrogens with zero attached hydrogens (tertiary/aromatic N) is 1. The first kappa shape index (κ1) is 25.6. The van der Waals surface area contributed by atoms with Crippen LogP contribution < -0.4 is 10.1 Å². The molecule has 1 N–H and O–H groups in total. The van der Waals surface area contributed by atoms with Gasteiger partial charge in [-0.3, -0.25) is 4.79 Å². The van der Waals surface area contributed by atoms with Crippen LogP contribution in [0.1, 0.15) is 42.7 Å². The summed E-state index contributed by atoms with van der Waals surface area (Å²) in [5.41, 5.74) is 0.754. The quantitative estimate of drug-likeness (QED) is 0.520.